The number of hydrogen-bond acceptors (Lipinski definition) is 4. The van der Waals surface area contributed by atoms with Crippen LogP contribution in [0.5, 0.6) is 0 Å². The van der Waals surface area contributed by atoms with Gasteiger partial charge in [0.25, 0.3) is 0 Å². The number of nitrogens with zero attached hydrogens (tertiary/aromatic N) is 2. The van der Waals surface area contributed by atoms with Gasteiger partial charge < -0.3 is 4.90 Å². The molecule has 1 aromatic rings. The second-order valence-corrected chi connectivity index (χ2v) is 9.79. The third kappa shape index (κ3) is 3.32. The molecular formula is C17H23ClN2O3S. The van der Waals surface area contributed by atoms with Crippen LogP contribution in [0.1, 0.15) is 19.4 Å². The van der Waals surface area contributed by atoms with E-state index < -0.39 is 9.84 Å². The van der Waals surface area contributed by atoms with Crippen LogP contribution < -0.4 is 4.90 Å². The van der Waals surface area contributed by atoms with Gasteiger partial charge in [-0.05, 0) is 30.5 Å². The number of aryl methyl sites for hydroxylation is 1. The molecule has 2 fully saturated rings. The number of rotatable bonds is 3. The summed E-state index contributed by atoms with van der Waals surface area (Å²) < 4.78 is 24.5. The van der Waals surface area contributed by atoms with Crippen molar-refractivity contribution in [2.45, 2.75) is 32.9 Å². The number of benzene rings is 1. The molecule has 24 heavy (non-hydrogen) atoms. The lowest BCUT2D eigenvalue weighted by molar-refractivity contribution is -0.123. The summed E-state index contributed by atoms with van der Waals surface area (Å²) in [5.41, 5.74) is 1.62. The molecule has 0 aliphatic carbocycles. The lowest BCUT2D eigenvalue weighted by Crippen LogP contribution is -2.62. The van der Waals surface area contributed by atoms with Crippen molar-refractivity contribution >= 4 is 33.0 Å². The van der Waals surface area contributed by atoms with Gasteiger partial charge in [-0.1, -0.05) is 31.5 Å². The summed E-state index contributed by atoms with van der Waals surface area (Å²) >= 11 is 6.21. The second-order valence-electron chi connectivity index (χ2n) is 7.23. The fourth-order valence-corrected chi connectivity index (χ4v) is 5.85. The van der Waals surface area contributed by atoms with E-state index in [0.29, 0.717) is 16.6 Å². The highest BCUT2D eigenvalue weighted by molar-refractivity contribution is 7.91. The van der Waals surface area contributed by atoms with Crippen molar-refractivity contribution < 1.29 is 13.2 Å². The Morgan fingerprint density at radius 2 is 1.92 bits per heavy atom. The fourth-order valence-electron chi connectivity index (χ4n) is 3.69. The Hall–Kier alpha value is -1.11. The van der Waals surface area contributed by atoms with Crippen LogP contribution in [0.3, 0.4) is 0 Å². The van der Waals surface area contributed by atoms with E-state index in [1.165, 1.54) is 0 Å². The Labute approximate surface area is 148 Å². The summed E-state index contributed by atoms with van der Waals surface area (Å²) in [6, 6.07) is 4.99. The molecule has 1 aromatic carbocycles. The molecule has 7 heteroatoms. The van der Waals surface area contributed by atoms with E-state index in [4.69, 9.17) is 11.6 Å². The van der Waals surface area contributed by atoms with Gasteiger partial charge in [-0.2, -0.15) is 0 Å². The minimum Gasteiger partial charge on any atom is -0.306 e. The minimum atomic E-state index is -3.15. The molecule has 2 heterocycles. The second kappa shape index (κ2) is 6.32. The summed E-state index contributed by atoms with van der Waals surface area (Å²) in [5, 5.41) is 0.585. The van der Waals surface area contributed by atoms with Gasteiger partial charge in [0, 0.05) is 23.3 Å². The van der Waals surface area contributed by atoms with Crippen LogP contribution >= 0.6 is 11.6 Å². The maximum Gasteiger partial charge on any atom is 0.241 e. The zero-order valence-corrected chi connectivity index (χ0v) is 15.8. The summed E-state index contributed by atoms with van der Waals surface area (Å²) in [5.74, 6) is 0.452. The van der Waals surface area contributed by atoms with E-state index in [0.717, 1.165) is 12.1 Å². The van der Waals surface area contributed by atoms with Crippen molar-refractivity contribution in [3.8, 4) is 0 Å². The maximum absolute atomic E-state index is 12.8. The predicted molar refractivity (Wildman–Crippen MR) is 96.3 cm³/mol. The Bertz CT molecular complexity index is 763. The fraction of sp³-hybridized carbons (Fsp3) is 0.588. The molecule has 0 aromatic heterocycles. The number of anilines is 1. The number of sulfone groups is 1. The van der Waals surface area contributed by atoms with Gasteiger partial charge in [0.15, 0.2) is 9.84 Å². The summed E-state index contributed by atoms with van der Waals surface area (Å²) in [6.07, 6.45) is 0. The molecule has 0 spiro atoms. The molecule has 0 N–H and O–H groups in total. The van der Waals surface area contributed by atoms with Gasteiger partial charge in [-0.15, -0.1) is 0 Å². The standard InChI is InChI=1S/C17H23ClN2O3S/c1-11(2)7-19-8-17(21)20(13-5-4-12(3)14(18)6-13)16-10-24(22,23)9-15(16)19/h4-6,11,15-16H,7-10H2,1-3H3/t15-,16+/m0/s1. The molecule has 0 radical (unpaired) electrons. The SMILES string of the molecule is Cc1ccc(N2C(=O)CN(CC(C)C)[C@H]3CS(=O)(=O)C[C@H]32)cc1Cl. The largest absolute Gasteiger partial charge is 0.306 e. The number of carbonyl (C=O) groups is 1. The van der Waals surface area contributed by atoms with Crippen LogP contribution in [0, 0.1) is 12.8 Å². The zero-order valence-electron chi connectivity index (χ0n) is 14.2. The zero-order chi connectivity index (χ0) is 17.6. The first-order valence-electron chi connectivity index (χ1n) is 8.20. The van der Waals surface area contributed by atoms with Gasteiger partial charge in [-0.25, -0.2) is 8.42 Å². The van der Waals surface area contributed by atoms with Crippen LogP contribution in [0.25, 0.3) is 0 Å². The quantitative estimate of drug-likeness (QED) is 0.817. The van der Waals surface area contributed by atoms with Crippen molar-refractivity contribution in [2.24, 2.45) is 5.92 Å². The van der Waals surface area contributed by atoms with Crippen LogP contribution in [0.15, 0.2) is 18.2 Å². The molecule has 3 rings (SSSR count). The van der Waals surface area contributed by atoms with Gasteiger partial charge in [-0.3, -0.25) is 9.69 Å². The third-order valence-electron chi connectivity index (χ3n) is 4.73. The van der Waals surface area contributed by atoms with Crippen LogP contribution in [0.2, 0.25) is 5.02 Å². The topological polar surface area (TPSA) is 57.7 Å². The molecule has 2 aliphatic heterocycles. The molecular weight excluding hydrogens is 348 g/mol. The molecule has 1 amide bonds. The van der Waals surface area contributed by atoms with Gasteiger partial charge >= 0.3 is 0 Å². The Morgan fingerprint density at radius 3 is 2.54 bits per heavy atom. The van der Waals surface area contributed by atoms with E-state index in [2.05, 4.69) is 13.8 Å². The molecule has 0 bridgehead atoms. The monoisotopic (exact) mass is 370 g/mol. The lowest BCUT2D eigenvalue weighted by Gasteiger charge is -2.44. The Kier molecular flexibility index (Phi) is 4.66. The summed E-state index contributed by atoms with van der Waals surface area (Å²) in [4.78, 5) is 16.5. The number of carbonyl (C=O) groups excluding carboxylic acids is 1. The summed E-state index contributed by atoms with van der Waals surface area (Å²) in [6.45, 7) is 7.03. The van der Waals surface area contributed by atoms with E-state index in [1.807, 2.05) is 24.0 Å². The average molecular weight is 371 g/mol. The number of piperazine rings is 1. The van der Waals surface area contributed by atoms with Crippen LogP contribution in [-0.4, -0.2) is 55.9 Å². The lowest BCUT2D eigenvalue weighted by atomic mass is 10.0. The first-order valence-corrected chi connectivity index (χ1v) is 10.4. The van der Waals surface area contributed by atoms with Gasteiger partial charge in [0.05, 0.1) is 24.1 Å². The third-order valence-corrected chi connectivity index (χ3v) is 6.84. The number of hydrogen-bond donors (Lipinski definition) is 0. The molecule has 0 unspecified atom stereocenters. The van der Waals surface area contributed by atoms with Crippen molar-refractivity contribution in [1.82, 2.24) is 4.90 Å². The van der Waals surface area contributed by atoms with Gasteiger partial charge in [0.1, 0.15) is 0 Å². The molecule has 5 nitrogen and oxygen atoms in total. The number of halogens is 1. The van der Waals surface area contributed by atoms with E-state index in [1.54, 1.807) is 11.0 Å². The average Bonchev–Trinajstić information content (AvgIpc) is 2.77. The normalized spacial score (nSPS) is 26.9. The summed E-state index contributed by atoms with van der Waals surface area (Å²) in [7, 11) is -3.15. The van der Waals surface area contributed by atoms with Crippen LogP contribution in [0.4, 0.5) is 5.69 Å². The van der Waals surface area contributed by atoms with Crippen LogP contribution in [-0.2, 0) is 14.6 Å². The van der Waals surface area contributed by atoms with E-state index in [-0.39, 0.29) is 36.0 Å². The van der Waals surface area contributed by atoms with Crippen molar-refractivity contribution in [2.75, 3.05) is 29.5 Å². The molecule has 2 saturated heterocycles. The molecule has 0 saturated carbocycles. The first-order chi connectivity index (χ1) is 11.2. The van der Waals surface area contributed by atoms with Crippen molar-refractivity contribution in [3.63, 3.8) is 0 Å². The Morgan fingerprint density at radius 1 is 1.25 bits per heavy atom. The van der Waals surface area contributed by atoms with Crippen molar-refractivity contribution in [1.29, 1.82) is 0 Å². The van der Waals surface area contributed by atoms with E-state index in [9.17, 15) is 13.2 Å². The van der Waals surface area contributed by atoms with E-state index >= 15 is 0 Å². The molecule has 132 valence electrons. The Balaban J connectivity index is 1.99. The predicted octanol–water partition coefficient (Wildman–Crippen LogP) is 2.12. The molecule has 2 aliphatic rings. The van der Waals surface area contributed by atoms with Crippen molar-refractivity contribution in [3.05, 3.63) is 28.8 Å². The van der Waals surface area contributed by atoms with Gasteiger partial charge in [0.2, 0.25) is 5.91 Å². The smallest absolute Gasteiger partial charge is 0.241 e. The highest BCUT2D eigenvalue weighted by atomic mass is 35.5. The number of amides is 1. The highest BCUT2D eigenvalue weighted by Gasteiger charge is 2.49. The number of fused-ring (bicyclic) bond motifs is 1. The minimum absolute atomic E-state index is 0.0174. The maximum atomic E-state index is 12.8. The first kappa shape index (κ1) is 17.7. The highest BCUT2D eigenvalue weighted by Crippen LogP contribution is 2.33. The molecule has 2 atom stereocenters.